The van der Waals surface area contributed by atoms with Crippen LogP contribution in [0.15, 0.2) is 30.3 Å². The summed E-state index contributed by atoms with van der Waals surface area (Å²) in [5, 5.41) is 0. The monoisotopic (exact) mass is 235 g/mol. The lowest BCUT2D eigenvalue weighted by Crippen LogP contribution is -2.43. The average Bonchev–Trinajstić information content (AvgIpc) is 2.35. The molecule has 2 rings (SSSR count). The number of piperidine rings is 1. The predicted molar refractivity (Wildman–Crippen MR) is 65.9 cm³/mol. The molecule has 0 bridgehead atoms. The molecule has 1 heterocycles. The first-order valence-electron chi connectivity index (χ1n) is 6.11. The van der Waals surface area contributed by atoms with Crippen molar-refractivity contribution >= 4 is 5.78 Å². The van der Waals surface area contributed by atoms with Crippen molar-refractivity contribution in [3.8, 4) is 0 Å². The lowest BCUT2D eigenvalue weighted by molar-refractivity contribution is 0.0745. The van der Waals surface area contributed by atoms with Crippen LogP contribution in [0.1, 0.15) is 23.7 Å². The van der Waals surface area contributed by atoms with Crippen molar-refractivity contribution in [1.82, 2.24) is 4.90 Å². The summed E-state index contributed by atoms with van der Waals surface area (Å²) >= 11 is 0. The molecule has 17 heavy (non-hydrogen) atoms. The lowest BCUT2D eigenvalue weighted by Gasteiger charge is -2.32. The van der Waals surface area contributed by atoms with Crippen LogP contribution < -0.4 is 0 Å². The van der Waals surface area contributed by atoms with Crippen LogP contribution in [0, 0.1) is 5.92 Å². The maximum absolute atomic E-state index is 13.5. The normalized spacial score (nSPS) is 25.8. The summed E-state index contributed by atoms with van der Waals surface area (Å²) in [5.41, 5.74) is 0.710. The Bertz CT molecular complexity index is 379. The standard InChI is InChI=1S/C14H18FNO/c1-11-7-8-16(9-13(11)15)10-14(17)12-5-3-2-4-6-12/h2-6,11,13H,7-10H2,1H3. The highest BCUT2D eigenvalue weighted by molar-refractivity contribution is 5.97. The maximum atomic E-state index is 13.5. The van der Waals surface area contributed by atoms with E-state index in [9.17, 15) is 9.18 Å². The molecule has 3 heteroatoms. The number of rotatable bonds is 3. The predicted octanol–water partition coefficient (Wildman–Crippen LogP) is 2.55. The van der Waals surface area contributed by atoms with E-state index in [1.165, 1.54) is 0 Å². The Morgan fingerprint density at radius 1 is 1.41 bits per heavy atom. The third-order valence-corrected chi connectivity index (χ3v) is 3.41. The Hall–Kier alpha value is -1.22. The van der Waals surface area contributed by atoms with Gasteiger partial charge in [0.25, 0.3) is 0 Å². The number of Topliss-reactive ketones (excluding diaryl/α,β-unsaturated/α-hetero) is 1. The highest BCUT2D eigenvalue weighted by Gasteiger charge is 2.26. The van der Waals surface area contributed by atoms with Gasteiger partial charge in [0.05, 0.1) is 6.54 Å². The third-order valence-electron chi connectivity index (χ3n) is 3.41. The molecule has 1 aromatic rings. The van der Waals surface area contributed by atoms with Crippen molar-refractivity contribution < 1.29 is 9.18 Å². The molecule has 0 saturated carbocycles. The van der Waals surface area contributed by atoms with E-state index in [2.05, 4.69) is 0 Å². The zero-order valence-corrected chi connectivity index (χ0v) is 10.1. The molecule has 0 amide bonds. The molecule has 1 aliphatic rings. The number of carbonyl (C=O) groups excluding carboxylic acids is 1. The molecule has 0 aliphatic carbocycles. The first-order chi connectivity index (χ1) is 8.16. The first kappa shape index (κ1) is 12.2. The van der Waals surface area contributed by atoms with Crippen LogP contribution in [-0.2, 0) is 0 Å². The van der Waals surface area contributed by atoms with Crippen LogP contribution in [0.5, 0.6) is 0 Å². The van der Waals surface area contributed by atoms with E-state index >= 15 is 0 Å². The van der Waals surface area contributed by atoms with E-state index in [1.807, 2.05) is 42.2 Å². The van der Waals surface area contributed by atoms with E-state index in [1.54, 1.807) is 0 Å². The largest absolute Gasteiger partial charge is 0.293 e. The molecule has 1 fully saturated rings. The average molecular weight is 235 g/mol. The zero-order chi connectivity index (χ0) is 12.3. The summed E-state index contributed by atoms with van der Waals surface area (Å²) in [7, 11) is 0. The van der Waals surface area contributed by atoms with Crippen LogP contribution in [0.3, 0.4) is 0 Å². The number of hydrogen-bond acceptors (Lipinski definition) is 2. The fourth-order valence-corrected chi connectivity index (χ4v) is 2.15. The van der Waals surface area contributed by atoms with E-state index in [4.69, 9.17) is 0 Å². The van der Waals surface area contributed by atoms with Gasteiger partial charge in [-0.1, -0.05) is 37.3 Å². The zero-order valence-electron chi connectivity index (χ0n) is 10.1. The van der Waals surface area contributed by atoms with Crippen LogP contribution >= 0.6 is 0 Å². The quantitative estimate of drug-likeness (QED) is 0.750. The molecule has 1 aromatic carbocycles. The fraction of sp³-hybridized carbons (Fsp3) is 0.500. The Morgan fingerprint density at radius 3 is 2.76 bits per heavy atom. The number of nitrogens with zero attached hydrogens (tertiary/aromatic N) is 1. The van der Waals surface area contributed by atoms with Gasteiger partial charge >= 0.3 is 0 Å². The molecule has 0 spiro atoms. The number of ketones is 1. The summed E-state index contributed by atoms with van der Waals surface area (Å²) in [4.78, 5) is 13.9. The molecule has 2 nitrogen and oxygen atoms in total. The molecular formula is C14H18FNO. The molecule has 92 valence electrons. The van der Waals surface area contributed by atoms with Crippen molar-refractivity contribution in [3.63, 3.8) is 0 Å². The first-order valence-corrected chi connectivity index (χ1v) is 6.11. The van der Waals surface area contributed by atoms with Crippen LogP contribution in [0.4, 0.5) is 4.39 Å². The van der Waals surface area contributed by atoms with Gasteiger partial charge < -0.3 is 0 Å². The van der Waals surface area contributed by atoms with Gasteiger partial charge in [-0.25, -0.2) is 4.39 Å². The van der Waals surface area contributed by atoms with Gasteiger partial charge in [0.1, 0.15) is 6.17 Å². The van der Waals surface area contributed by atoms with E-state index in [0.29, 0.717) is 18.7 Å². The van der Waals surface area contributed by atoms with Gasteiger partial charge in [0, 0.05) is 12.1 Å². The van der Waals surface area contributed by atoms with E-state index in [0.717, 1.165) is 13.0 Å². The molecule has 2 atom stereocenters. The highest BCUT2D eigenvalue weighted by Crippen LogP contribution is 2.19. The smallest absolute Gasteiger partial charge is 0.176 e. The van der Waals surface area contributed by atoms with Gasteiger partial charge in [-0.3, -0.25) is 9.69 Å². The molecular weight excluding hydrogens is 217 g/mol. The van der Waals surface area contributed by atoms with Gasteiger partial charge in [-0.2, -0.15) is 0 Å². The van der Waals surface area contributed by atoms with Crippen LogP contribution in [-0.4, -0.2) is 36.5 Å². The second kappa shape index (κ2) is 5.41. The SMILES string of the molecule is CC1CCN(CC(=O)c2ccccc2)CC1F. The maximum Gasteiger partial charge on any atom is 0.176 e. The Morgan fingerprint density at radius 2 is 2.12 bits per heavy atom. The van der Waals surface area contributed by atoms with Crippen LogP contribution in [0.25, 0.3) is 0 Å². The van der Waals surface area contributed by atoms with Crippen molar-refractivity contribution in [2.45, 2.75) is 19.5 Å². The molecule has 0 radical (unpaired) electrons. The second-order valence-corrected chi connectivity index (χ2v) is 4.81. The summed E-state index contributed by atoms with van der Waals surface area (Å²) in [6.45, 7) is 3.47. The number of hydrogen-bond donors (Lipinski definition) is 0. The number of benzene rings is 1. The highest BCUT2D eigenvalue weighted by atomic mass is 19.1. The number of alkyl halides is 1. The number of carbonyl (C=O) groups is 1. The number of halogens is 1. The molecule has 2 unspecified atom stereocenters. The summed E-state index contributed by atoms with van der Waals surface area (Å²) in [5.74, 6) is 0.199. The second-order valence-electron chi connectivity index (χ2n) is 4.81. The summed E-state index contributed by atoms with van der Waals surface area (Å²) in [6, 6.07) is 9.20. The fourth-order valence-electron chi connectivity index (χ4n) is 2.15. The van der Waals surface area contributed by atoms with Gasteiger partial charge in [-0.15, -0.1) is 0 Å². The Kier molecular flexibility index (Phi) is 3.89. The van der Waals surface area contributed by atoms with Gasteiger partial charge in [0.15, 0.2) is 5.78 Å². The Balaban J connectivity index is 1.92. The topological polar surface area (TPSA) is 20.3 Å². The minimum Gasteiger partial charge on any atom is -0.293 e. The third kappa shape index (κ3) is 3.13. The van der Waals surface area contributed by atoms with Crippen molar-refractivity contribution in [1.29, 1.82) is 0 Å². The molecule has 1 aliphatic heterocycles. The van der Waals surface area contributed by atoms with Gasteiger partial charge in [0.2, 0.25) is 0 Å². The minimum atomic E-state index is -0.799. The number of likely N-dealkylation sites (tertiary alicyclic amines) is 1. The summed E-state index contributed by atoms with van der Waals surface area (Å²) in [6.07, 6.45) is 0.0378. The summed E-state index contributed by atoms with van der Waals surface area (Å²) < 4.78 is 13.5. The lowest BCUT2D eigenvalue weighted by atomic mass is 9.97. The molecule has 0 aromatic heterocycles. The minimum absolute atomic E-state index is 0.0763. The van der Waals surface area contributed by atoms with Crippen molar-refractivity contribution in [2.24, 2.45) is 5.92 Å². The van der Waals surface area contributed by atoms with E-state index < -0.39 is 6.17 Å². The Labute approximate surface area is 101 Å². The molecule has 0 N–H and O–H groups in total. The van der Waals surface area contributed by atoms with Crippen LogP contribution in [0.2, 0.25) is 0 Å². The van der Waals surface area contributed by atoms with Gasteiger partial charge in [-0.05, 0) is 18.9 Å². The molecule has 1 saturated heterocycles. The van der Waals surface area contributed by atoms with Crippen molar-refractivity contribution in [3.05, 3.63) is 35.9 Å². The van der Waals surface area contributed by atoms with E-state index in [-0.39, 0.29) is 11.7 Å². The van der Waals surface area contributed by atoms with Crippen molar-refractivity contribution in [2.75, 3.05) is 19.6 Å².